The van der Waals surface area contributed by atoms with Crippen molar-refractivity contribution in [2.45, 2.75) is 0 Å². The number of aromatic nitrogens is 3. The molecular formula is C10H9N5O. The number of carbonyl (C=O) groups is 1. The molecule has 2 aromatic heterocycles. The Kier molecular flexibility index (Phi) is 2.73. The van der Waals surface area contributed by atoms with E-state index in [9.17, 15) is 4.79 Å². The molecule has 0 aliphatic rings. The van der Waals surface area contributed by atoms with Crippen LogP contribution in [0.5, 0.6) is 0 Å². The zero-order valence-corrected chi connectivity index (χ0v) is 8.29. The van der Waals surface area contributed by atoms with Gasteiger partial charge in [-0.3, -0.25) is 4.79 Å². The molecule has 3 N–H and O–H groups in total. The van der Waals surface area contributed by atoms with E-state index in [1.54, 1.807) is 18.2 Å². The third-order valence-corrected chi connectivity index (χ3v) is 1.91. The van der Waals surface area contributed by atoms with Crippen LogP contribution in [-0.4, -0.2) is 20.9 Å². The van der Waals surface area contributed by atoms with Crippen molar-refractivity contribution >= 4 is 17.5 Å². The second-order valence-corrected chi connectivity index (χ2v) is 2.98. The minimum Gasteiger partial charge on any atom is -0.383 e. The molecule has 0 aliphatic carbocycles. The Bertz CT molecular complexity index is 500. The molecule has 0 unspecified atom stereocenters. The van der Waals surface area contributed by atoms with E-state index in [1.165, 1.54) is 18.7 Å². The molecule has 6 heteroatoms. The number of carbonyl (C=O) groups excluding carboxylic acids is 1. The maximum Gasteiger partial charge on any atom is 0.260 e. The first-order valence-electron chi connectivity index (χ1n) is 4.55. The summed E-state index contributed by atoms with van der Waals surface area (Å²) in [5, 5.41) is 2.59. The van der Waals surface area contributed by atoms with Crippen LogP contribution >= 0.6 is 0 Å². The number of anilines is 2. The van der Waals surface area contributed by atoms with E-state index in [0.717, 1.165) is 0 Å². The lowest BCUT2D eigenvalue weighted by atomic mass is 10.2. The highest BCUT2D eigenvalue weighted by atomic mass is 16.1. The molecular weight excluding hydrogens is 206 g/mol. The van der Waals surface area contributed by atoms with Crippen LogP contribution in [0.3, 0.4) is 0 Å². The van der Waals surface area contributed by atoms with E-state index in [0.29, 0.717) is 11.4 Å². The zero-order chi connectivity index (χ0) is 11.4. The van der Waals surface area contributed by atoms with Gasteiger partial charge in [0.25, 0.3) is 5.91 Å². The number of rotatable bonds is 2. The summed E-state index contributed by atoms with van der Waals surface area (Å²) in [5.74, 6) is 0.265. The fourth-order valence-electron chi connectivity index (χ4n) is 1.16. The second-order valence-electron chi connectivity index (χ2n) is 2.98. The number of hydrogen-bond acceptors (Lipinski definition) is 5. The van der Waals surface area contributed by atoms with E-state index >= 15 is 0 Å². The Hall–Kier alpha value is -2.50. The summed E-state index contributed by atoms with van der Waals surface area (Å²) in [6.07, 6.45) is 4.41. The van der Waals surface area contributed by atoms with Crippen LogP contribution in [-0.2, 0) is 0 Å². The summed E-state index contributed by atoms with van der Waals surface area (Å²) in [6.45, 7) is 0. The Morgan fingerprint density at radius 2 is 2.12 bits per heavy atom. The maximum atomic E-state index is 11.7. The topological polar surface area (TPSA) is 93.8 Å². The van der Waals surface area contributed by atoms with Crippen molar-refractivity contribution in [1.82, 2.24) is 15.0 Å². The second kappa shape index (κ2) is 4.35. The molecule has 80 valence electrons. The van der Waals surface area contributed by atoms with Gasteiger partial charge in [-0.15, -0.1) is 0 Å². The molecule has 2 aromatic rings. The van der Waals surface area contributed by atoms with Gasteiger partial charge in [-0.25, -0.2) is 15.0 Å². The quantitative estimate of drug-likeness (QED) is 0.769. The average Bonchev–Trinajstić information content (AvgIpc) is 2.31. The standard InChI is InChI=1S/C10H9N5O/c11-9-7(2-1-4-13-9)10(16)15-8-3-5-12-6-14-8/h1-6H,(H2,11,13)(H,12,14,15,16). The van der Waals surface area contributed by atoms with Crippen molar-refractivity contribution in [3.63, 3.8) is 0 Å². The van der Waals surface area contributed by atoms with Gasteiger partial charge in [-0.2, -0.15) is 0 Å². The molecule has 16 heavy (non-hydrogen) atoms. The van der Waals surface area contributed by atoms with Gasteiger partial charge in [-0.05, 0) is 18.2 Å². The van der Waals surface area contributed by atoms with E-state index in [-0.39, 0.29) is 11.7 Å². The Labute approximate surface area is 91.6 Å². The molecule has 2 heterocycles. The summed E-state index contributed by atoms with van der Waals surface area (Å²) in [7, 11) is 0. The summed E-state index contributed by atoms with van der Waals surface area (Å²) >= 11 is 0. The number of nitrogens with zero attached hydrogens (tertiary/aromatic N) is 3. The molecule has 0 bridgehead atoms. The fourth-order valence-corrected chi connectivity index (χ4v) is 1.16. The number of amides is 1. The number of nitrogens with two attached hydrogens (primary N) is 1. The first kappa shape index (κ1) is 10.0. The van der Waals surface area contributed by atoms with Gasteiger partial charge in [0.2, 0.25) is 0 Å². The minimum absolute atomic E-state index is 0.189. The summed E-state index contributed by atoms with van der Waals surface area (Å²) < 4.78 is 0. The van der Waals surface area contributed by atoms with Crippen LogP contribution in [0.2, 0.25) is 0 Å². The van der Waals surface area contributed by atoms with Crippen LogP contribution < -0.4 is 11.1 Å². The number of nitrogens with one attached hydrogen (secondary N) is 1. The smallest absolute Gasteiger partial charge is 0.260 e. The van der Waals surface area contributed by atoms with Gasteiger partial charge in [0, 0.05) is 12.4 Å². The van der Waals surface area contributed by atoms with E-state index in [4.69, 9.17) is 5.73 Å². The molecule has 0 spiro atoms. The molecule has 0 fully saturated rings. The van der Waals surface area contributed by atoms with Crippen LogP contribution in [0, 0.1) is 0 Å². The largest absolute Gasteiger partial charge is 0.383 e. The van der Waals surface area contributed by atoms with Crippen molar-refractivity contribution in [2.75, 3.05) is 11.1 Å². The molecule has 0 atom stereocenters. The fraction of sp³-hybridized carbons (Fsp3) is 0. The molecule has 0 saturated heterocycles. The minimum atomic E-state index is -0.343. The van der Waals surface area contributed by atoms with Gasteiger partial charge in [0.1, 0.15) is 18.0 Å². The van der Waals surface area contributed by atoms with Crippen LogP contribution in [0.1, 0.15) is 10.4 Å². The van der Waals surface area contributed by atoms with Crippen molar-refractivity contribution < 1.29 is 4.79 Å². The number of nitrogen functional groups attached to an aromatic ring is 1. The van der Waals surface area contributed by atoms with E-state index in [2.05, 4.69) is 20.3 Å². The summed E-state index contributed by atoms with van der Waals surface area (Å²) in [6, 6.07) is 4.83. The molecule has 2 rings (SSSR count). The average molecular weight is 215 g/mol. The normalized spacial score (nSPS) is 9.75. The highest BCUT2D eigenvalue weighted by molar-refractivity contribution is 6.06. The first-order valence-corrected chi connectivity index (χ1v) is 4.55. The highest BCUT2D eigenvalue weighted by Crippen LogP contribution is 2.09. The molecule has 6 nitrogen and oxygen atoms in total. The predicted octanol–water partition coefficient (Wildman–Crippen LogP) is 0.706. The predicted molar refractivity (Wildman–Crippen MR) is 58.6 cm³/mol. The van der Waals surface area contributed by atoms with Gasteiger partial charge < -0.3 is 11.1 Å². The summed E-state index contributed by atoms with van der Waals surface area (Å²) in [5.41, 5.74) is 5.89. The van der Waals surface area contributed by atoms with Gasteiger partial charge in [-0.1, -0.05) is 0 Å². The van der Waals surface area contributed by atoms with Crippen LogP contribution in [0.25, 0.3) is 0 Å². The van der Waals surface area contributed by atoms with Crippen molar-refractivity contribution in [2.24, 2.45) is 0 Å². The van der Waals surface area contributed by atoms with Crippen molar-refractivity contribution in [1.29, 1.82) is 0 Å². The first-order chi connectivity index (χ1) is 7.77. The Balaban J connectivity index is 2.19. The van der Waals surface area contributed by atoms with Crippen LogP contribution in [0.15, 0.2) is 36.9 Å². The molecule has 0 aromatic carbocycles. The van der Waals surface area contributed by atoms with Crippen LogP contribution in [0.4, 0.5) is 11.6 Å². The number of hydrogen-bond donors (Lipinski definition) is 2. The Morgan fingerprint density at radius 3 is 2.81 bits per heavy atom. The highest BCUT2D eigenvalue weighted by Gasteiger charge is 2.10. The summed E-state index contributed by atoms with van der Waals surface area (Å²) in [4.78, 5) is 23.2. The van der Waals surface area contributed by atoms with Gasteiger partial charge in [0.15, 0.2) is 0 Å². The van der Waals surface area contributed by atoms with Crippen molar-refractivity contribution in [3.05, 3.63) is 42.5 Å². The molecule has 0 saturated carbocycles. The maximum absolute atomic E-state index is 11.7. The molecule has 0 radical (unpaired) electrons. The van der Waals surface area contributed by atoms with Gasteiger partial charge >= 0.3 is 0 Å². The van der Waals surface area contributed by atoms with Gasteiger partial charge in [0.05, 0.1) is 5.56 Å². The van der Waals surface area contributed by atoms with E-state index < -0.39 is 0 Å². The monoisotopic (exact) mass is 215 g/mol. The van der Waals surface area contributed by atoms with E-state index in [1.807, 2.05) is 0 Å². The number of pyridine rings is 1. The molecule has 1 amide bonds. The SMILES string of the molecule is Nc1ncccc1C(=O)Nc1ccncn1. The zero-order valence-electron chi connectivity index (χ0n) is 8.29. The third kappa shape index (κ3) is 2.11. The lowest BCUT2D eigenvalue weighted by molar-refractivity contribution is 0.102. The Morgan fingerprint density at radius 1 is 1.25 bits per heavy atom. The lowest BCUT2D eigenvalue weighted by Gasteiger charge is -2.04. The molecule has 0 aliphatic heterocycles. The van der Waals surface area contributed by atoms with Crippen molar-refractivity contribution in [3.8, 4) is 0 Å². The lowest BCUT2D eigenvalue weighted by Crippen LogP contribution is -2.15. The third-order valence-electron chi connectivity index (χ3n) is 1.91.